The van der Waals surface area contributed by atoms with Gasteiger partial charge in [-0.3, -0.25) is 0 Å². The Hall–Kier alpha value is -1.10. The van der Waals surface area contributed by atoms with Crippen LogP contribution in [0.5, 0.6) is 0 Å². The zero-order valence-corrected chi connectivity index (χ0v) is 8.67. The molecule has 1 aromatic carbocycles. The molecule has 1 aromatic rings. The molecule has 0 heterocycles. The van der Waals surface area contributed by atoms with Crippen LogP contribution in [0, 0.1) is 0 Å². The number of halogens is 1. The van der Waals surface area contributed by atoms with Crippen LogP contribution in [0.2, 0.25) is 0 Å². The van der Waals surface area contributed by atoms with Crippen molar-refractivity contribution in [2.45, 2.75) is 13.3 Å². The number of hydrogen-bond acceptors (Lipinski definition) is 2. The van der Waals surface area contributed by atoms with E-state index in [2.05, 4.69) is 0 Å². The maximum absolute atomic E-state index is 13.3. The molecule has 0 N–H and O–H groups in total. The molecule has 0 aliphatic carbocycles. The van der Waals surface area contributed by atoms with Crippen LogP contribution in [0.4, 0.5) is 10.2 Å². The average molecular weight is 217 g/mol. The van der Waals surface area contributed by atoms with Crippen molar-refractivity contribution in [3.63, 3.8) is 0 Å². The third kappa shape index (κ3) is 2.45. The van der Waals surface area contributed by atoms with Crippen LogP contribution >= 0.6 is 0 Å². The molecule has 0 bridgehead atoms. The number of benzene rings is 1. The Labute approximate surface area is 83.1 Å². The van der Waals surface area contributed by atoms with E-state index in [-0.39, 0.29) is 16.0 Å². The van der Waals surface area contributed by atoms with Crippen LogP contribution in [0.15, 0.2) is 30.3 Å². The van der Waals surface area contributed by atoms with Gasteiger partial charge >= 0.3 is 0 Å². The topological polar surface area (TPSA) is 37.4 Å². The molecular formula is C9H12FNO2S. The highest BCUT2D eigenvalue weighted by molar-refractivity contribution is 7.92. The molecule has 0 aliphatic heterocycles. The first-order valence-electron chi connectivity index (χ1n) is 4.32. The van der Waals surface area contributed by atoms with Crippen LogP contribution < -0.4 is 4.53 Å². The highest BCUT2D eigenvalue weighted by Gasteiger charge is 2.20. The van der Waals surface area contributed by atoms with E-state index >= 15 is 0 Å². The van der Waals surface area contributed by atoms with Gasteiger partial charge in [-0.1, -0.05) is 29.6 Å². The molecule has 0 saturated carbocycles. The van der Waals surface area contributed by atoms with E-state index in [4.69, 9.17) is 0 Å². The molecular weight excluding hydrogens is 205 g/mol. The van der Waals surface area contributed by atoms with E-state index in [1.807, 2.05) is 0 Å². The van der Waals surface area contributed by atoms with Crippen LogP contribution in [0.25, 0.3) is 0 Å². The summed E-state index contributed by atoms with van der Waals surface area (Å²) < 4.78 is 35.7. The van der Waals surface area contributed by atoms with Gasteiger partial charge in [0.25, 0.3) is 10.0 Å². The zero-order valence-electron chi connectivity index (χ0n) is 7.85. The van der Waals surface area contributed by atoms with Crippen molar-refractivity contribution >= 4 is 15.7 Å². The first-order valence-corrected chi connectivity index (χ1v) is 5.92. The zero-order chi connectivity index (χ0) is 10.6. The largest absolute Gasteiger partial charge is 0.261 e. The van der Waals surface area contributed by atoms with Gasteiger partial charge in [0.05, 0.1) is 11.4 Å². The lowest BCUT2D eigenvalue weighted by Gasteiger charge is -2.12. The Bertz CT molecular complexity index is 377. The molecule has 0 spiro atoms. The summed E-state index contributed by atoms with van der Waals surface area (Å²) in [5.74, 6) is -0.182. The number of sulfonamides is 1. The second-order valence-electron chi connectivity index (χ2n) is 2.87. The number of hydrogen-bond donors (Lipinski definition) is 0. The standard InChI is InChI=1S/C9H12FNO2S/c1-2-8-14(12,13)11(10)9-6-4-3-5-7-9/h3-7H,2,8H2,1H3. The molecule has 5 heteroatoms. The van der Waals surface area contributed by atoms with E-state index in [1.54, 1.807) is 25.1 Å². The predicted octanol–water partition coefficient (Wildman–Crippen LogP) is 2.12. The fourth-order valence-corrected chi connectivity index (χ4v) is 2.16. The van der Waals surface area contributed by atoms with Gasteiger partial charge in [-0.05, 0) is 18.6 Å². The van der Waals surface area contributed by atoms with Gasteiger partial charge in [0.15, 0.2) is 0 Å². The lowest BCUT2D eigenvalue weighted by atomic mass is 10.3. The smallest absolute Gasteiger partial charge is 0.204 e. The van der Waals surface area contributed by atoms with E-state index in [0.717, 1.165) is 0 Å². The number of nitrogens with zero attached hydrogens (tertiary/aromatic N) is 1. The average Bonchev–Trinajstić information content (AvgIpc) is 2.18. The van der Waals surface area contributed by atoms with Gasteiger partial charge in [0, 0.05) is 0 Å². The van der Waals surface area contributed by atoms with Crippen molar-refractivity contribution in [1.82, 2.24) is 0 Å². The monoisotopic (exact) mass is 217 g/mol. The van der Waals surface area contributed by atoms with Crippen LogP contribution in [0.1, 0.15) is 13.3 Å². The van der Waals surface area contributed by atoms with Crippen LogP contribution in [0.3, 0.4) is 0 Å². The Morgan fingerprint density at radius 3 is 2.36 bits per heavy atom. The Morgan fingerprint density at radius 2 is 1.86 bits per heavy atom. The Balaban J connectivity index is 2.91. The Kier molecular flexibility index (Phi) is 3.46. The quantitative estimate of drug-likeness (QED) is 0.724. The highest BCUT2D eigenvalue weighted by atomic mass is 32.2. The summed E-state index contributed by atoms with van der Waals surface area (Å²) in [6.45, 7) is 1.69. The van der Waals surface area contributed by atoms with Crippen LogP contribution in [-0.2, 0) is 10.0 Å². The maximum atomic E-state index is 13.3. The molecule has 78 valence electrons. The molecule has 0 aromatic heterocycles. The minimum absolute atomic E-state index is 0.0425. The second-order valence-corrected chi connectivity index (χ2v) is 4.76. The van der Waals surface area contributed by atoms with Gasteiger partial charge in [-0.2, -0.15) is 0 Å². The molecule has 0 aliphatic rings. The third-order valence-corrected chi connectivity index (χ3v) is 3.29. The minimum atomic E-state index is -3.80. The fourth-order valence-electron chi connectivity index (χ4n) is 1.04. The molecule has 14 heavy (non-hydrogen) atoms. The van der Waals surface area contributed by atoms with E-state index < -0.39 is 10.0 Å². The van der Waals surface area contributed by atoms with E-state index in [1.165, 1.54) is 12.1 Å². The lowest BCUT2D eigenvalue weighted by Crippen LogP contribution is -2.24. The molecule has 0 radical (unpaired) electrons. The van der Waals surface area contributed by atoms with Crippen LogP contribution in [-0.4, -0.2) is 14.2 Å². The summed E-state index contributed by atoms with van der Waals surface area (Å²) >= 11 is 0. The van der Waals surface area contributed by atoms with Gasteiger partial charge in [0.1, 0.15) is 0 Å². The SMILES string of the molecule is CCCS(=O)(=O)N(F)c1ccccc1. The highest BCUT2D eigenvalue weighted by Crippen LogP contribution is 2.18. The Morgan fingerprint density at radius 1 is 1.29 bits per heavy atom. The summed E-state index contributed by atoms with van der Waals surface area (Å²) in [6, 6.07) is 7.69. The molecule has 0 amide bonds. The third-order valence-electron chi connectivity index (χ3n) is 1.67. The number of anilines is 1. The normalized spacial score (nSPS) is 11.3. The molecule has 0 unspecified atom stereocenters. The van der Waals surface area contributed by atoms with Gasteiger partial charge in [-0.25, -0.2) is 8.42 Å². The van der Waals surface area contributed by atoms with Gasteiger partial charge < -0.3 is 0 Å². The number of para-hydroxylation sites is 1. The molecule has 3 nitrogen and oxygen atoms in total. The first-order chi connectivity index (χ1) is 6.58. The van der Waals surface area contributed by atoms with Gasteiger partial charge in [-0.15, -0.1) is 4.53 Å². The summed E-state index contributed by atoms with van der Waals surface area (Å²) in [5, 5.41) is 0. The van der Waals surface area contributed by atoms with Gasteiger partial charge in [0.2, 0.25) is 0 Å². The minimum Gasteiger partial charge on any atom is -0.204 e. The molecule has 0 fully saturated rings. The fraction of sp³-hybridized carbons (Fsp3) is 0.333. The predicted molar refractivity (Wildman–Crippen MR) is 54.1 cm³/mol. The van der Waals surface area contributed by atoms with Crippen molar-refractivity contribution in [3.05, 3.63) is 30.3 Å². The van der Waals surface area contributed by atoms with Crippen molar-refractivity contribution < 1.29 is 12.9 Å². The van der Waals surface area contributed by atoms with E-state index in [9.17, 15) is 12.9 Å². The lowest BCUT2D eigenvalue weighted by molar-refractivity contribution is 0.494. The van der Waals surface area contributed by atoms with Crippen molar-refractivity contribution in [2.75, 3.05) is 10.3 Å². The second kappa shape index (κ2) is 4.41. The molecule has 0 saturated heterocycles. The summed E-state index contributed by atoms with van der Waals surface area (Å²) in [6.07, 6.45) is 0.398. The summed E-state index contributed by atoms with van der Waals surface area (Å²) in [5.41, 5.74) is 0.0425. The van der Waals surface area contributed by atoms with Crippen molar-refractivity contribution in [3.8, 4) is 0 Å². The first kappa shape index (κ1) is 11.0. The number of rotatable bonds is 4. The summed E-state index contributed by atoms with van der Waals surface area (Å²) in [4.78, 5) is 0. The molecule has 0 atom stereocenters. The summed E-state index contributed by atoms with van der Waals surface area (Å²) in [7, 11) is -3.80. The van der Waals surface area contributed by atoms with E-state index in [0.29, 0.717) is 6.42 Å². The maximum Gasteiger partial charge on any atom is 0.261 e. The van der Waals surface area contributed by atoms with Crippen molar-refractivity contribution in [1.29, 1.82) is 0 Å². The molecule has 1 rings (SSSR count). The van der Waals surface area contributed by atoms with Crippen molar-refractivity contribution in [2.24, 2.45) is 0 Å².